The first-order valence-electron chi connectivity index (χ1n) is 10.1. The number of imidazole rings is 1. The van der Waals surface area contributed by atoms with Crippen molar-refractivity contribution in [3.63, 3.8) is 0 Å². The van der Waals surface area contributed by atoms with Gasteiger partial charge in [0.2, 0.25) is 0 Å². The van der Waals surface area contributed by atoms with Crippen molar-refractivity contribution in [2.45, 2.75) is 33.2 Å². The minimum atomic E-state index is -0.890. The van der Waals surface area contributed by atoms with Gasteiger partial charge in [-0.3, -0.25) is 14.7 Å². The van der Waals surface area contributed by atoms with Crippen molar-refractivity contribution in [2.24, 2.45) is 5.41 Å². The molecule has 0 aliphatic rings. The number of rotatable bonds is 5. The van der Waals surface area contributed by atoms with Gasteiger partial charge in [-0.1, -0.05) is 32.9 Å². The average molecular weight is 419 g/mol. The van der Waals surface area contributed by atoms with Gasteiger partial charge < -0.3 is 15.0 Å². The number of amides is 1. The molecule has 0 saturated carbocycles. The second kappa shape index (κ2) is 7.54. The third-order valence-corrected chi connectivity index (χ3v) is 5.56. The molecule has 1 amide bonds. The van der Waals surface area contributed by atoms with Gasteiger partial charge in [-0.2, -0.15) is 5.10 Å². The Bertz CT molecular complexity index is 1300. The molecular formula is C23H25N5O3. The van der Waals surface area contributed by atoms with Crippen LogP contribution in [0.3, 0.4) is 0 Å². The predicted molar refractivity (Wildman–Crippen MR) is 119 cm³/mol. The van der Waals surface area contributed by atoms with Crippen LogP contribution in [0, 0.1) is 5.41 Å². The fourth-order valence-corrected chi connectivity index (χ4v) is 3.92. The van der Waals surface area contributed by atoms with Crippen LogP contribution in [0.5, 0.6) is 0 Å². The van der Waals surface area contributed by atoms with E-state index >= 15 is 0 Å². The lowest BCUT2D eigenvalue weighted by molar-refractivity contribution is -0.138. The Morgan fingerprint density at radius 2 is 1.97 bits per heavy atom. The van der Waals surface area contributed by atoms with Gasteiger partial charge in [-0.05, 0) is 29.7 Å². The smallest absolute Gasteiger partial charge is 0.305 e. The summed E-state index contributed by atoms with van der Waals surface area (Å²) in [5.74, 6) is -0.443. The van der Waals surface area contributed by atoms with Crippen LogP contribution < -0.4 is 5.32 Å². The number of benzene rings is 2. The second-order valence-electron chi connectivity index (χ2n) is 8.74. The Morgan fingerprint density at radius 1 is 1.19 bits per heavy atom. The van der Waals surface area contributed by atoms with E-state index in [2.05, 4.69) is 15.5 Å². The van der Waals surface area contributed by atoms with Gasteiger partial charge in [-0.25, -0.2) is 4.98 Å². The zero-order valence-corrected chi connectivity index (χ0v) is 17.9. The quantitative estimate of drug-likeness (QED) is 0.452. The number of aliphatic carboxylic acids is 1. The number of carboxylic acid groups (broad SMARTS) is 1. The van der Waals surface area contributed by atoms with Crippen molar-refractivity contribution in [1.29, 1.82) is 0 Å². The molecule has 8 nitrogen and oxygen atoms in total. The van der Waals surface area contributed by atoms with E-state index in [9.17, 15) is 14.7 Å². The largest absolute Gasteiger partial charge is 0.481 e. The number of carbonyl (C=O) groups is 2. The number of nitrogens with one attached hydrogen (secondary N) is 2. The highest BCUT2D eigenvalue weighted by atomic mass is 16.4. The summed E-state index contributed by atoms with van der Waals surface area (Å²) in [4.78, 5) is 28.9. The first kappa shape index (κ1) is 20.6. The fraction of sp³-hybridized carbons (Fsp3) is 0.304. The molecule has 4 rings (SSSR count). The molecule has 31 heavy (non-hydrogen) atoms. The fourth-order valence-electron chi connectivity index (χ4n) is 3.92. The first-order chi connectivity index (χ1) is 14.7. The van der Waals surface area contributed by atoms with Crippen LogP contribution >= 0.6 is 0 Å². The van der Waals surface area contributed by atoms with Gasteiger partial charge >= 0.3 is 5.97 Å². The van der Waals surface area contributed by atoms with Crippen LogP contribution in [0.4, 0.5) is 0 Å². The Morgan fingerprint density at radius 3 is 2.65 bits per heavy atom. The van der Waals surface area contributed by atoms with Crippen LogP contribution in [0.25, 0.3) is 33.3 Å². The molecule has 4 aromatic rings. The van der Waals surface area contributed by atoms with Gasteiger partial charge in [0.25, 0.3) is 5.91 Å². The first-order valence-corrected chi connectivity index (χ1v) is 10.1. The van der Waals surface area contributed by atoms with Gasteiger partial charge in [0, 0.05) is 23.6 Å². The van der Waals surface area contributed by atoms with Crippen molar-refractivity contribution >= 4 is 33.8 Å². The second-order valence-corrected chi connectivity index (χ2v) is 8.74. The lowest BCUT2D eigenvalue weighted by Crippen LogP contribution is -2.27. The number of aromatic nitrogens is 4. The number of aromatic amines is 1. The highest BCUT2D eigenvalue weighted by Gasteiger charge is 2.32. The van der Waals surface area contributed by atoms with Crippen molar-refractivity contribution in [1.82, 2.24) is 25.1 Å². The maximum atomic E-state index is 12.3. The predicted octanol–water partition coefficient (Wildman–Crippen LogP) is 4.00. The minimum absolute atomic E-state index is 0.0710. The van der Waals surface area contributed by atoms with Crippen molar-refractivity contribution in [2.75, 3.05) is 7.05 Å². The molecule has 2 aromatic heterocycles. The molecule has 0 aliphatic carbocycles. The van der Waals surface area contributed by atoms with E-state index in [1.54, 1.807) is 31.4 Å². The maximum absolute atomic E-state index is 12.3. The summed E-state index contributed by atoms with van der Waals surface area (Å²) in [5.41, 5.74) is 3.26. The molecule has 8 heteroatoms. The van der Waals surface area contributed by atoms with E-state index in [0.29, 0.717) is 16.9 Å². The van der Waals surface area contributed by atoms with E-state index in [1.165, 1.54) is 0 Å². The van der Waals surface area contributed by atoms with Gasteiger partial charge in [0.1, 0.15) is 5.82 Å². The van der Waals surface area contributed by atoms with Crippen molar-refractivity contribution in [3.05, 3.63) is 48.2 Å². The molecule has 0 saturated heterocycles. The van der Waals surface area contributed by atoms with Crippen LogP contribution in [-0.2, 0) is 4.79 Å². The summed E-state index contributed by atoms with van der Waals surface area (Å²) in [6, 6.07) is 10.8. The van der Waals surface area contributed by atoms with Crippen molar-refractivity contribution in [3.8, 4) is 11.4 Å². The molecule has 2 heterocycles. The Hall–Kier alpha value is -3.68. The Balaban J connectivity index is 2.03. The molecule has 1 atom stereocenters. The zero-order chi connectivity index (χ0) is 22.3. The molecule has 0 fully saturated rings. The lowest BCUT2D eigenvalue weighted by atomic mass is 9.84. The summed E-state index contributed by atoms with van der Waals surface area (Å²) in [7, 11) is 1.58. The molecule has 0 bridgehead atoms. The molecule has 0 radical (unpaired) electrons. The highest BCUT2D eigenvalue weighted by Crippen LogP contribution is 2.40. The maximum Gasteiger partial charge on any atom is 0.305 e. The lowest BCUT2D eigenvalue weighted by Gasteiger charge is -2.32. The summed E-state index contributed by atoms with van der Waals surface area (Å²) in [5, 5.41) is 20.3. The monoisotopic (exact) mass is 419 g/mol. The number of hydrogen-bond acceptors (Lipinski definition) is 4. The molecule has 0 spiro atoms. The van der Waals surface area contributed by atoms with Crippen LogP contribution in [0.2, 0.25) is 0 Å². The van der Waals surface area contributed by atoms with Crippen LogP contribution in [-0.4, -0.2) is 43.8 Å². The number of fused-ring (bicyclic) bond motifs is 2. The zero-order valence-electron chi connectivity index (χ0n) is 17.9. The van der Waals surface area contributed by atoms with Crippen LogP contribution in [0.15, 0.2) is 42.6 Å². The molecule has 2 aromatic carbocycles. The van der Waals surface area contributed by atoms with Gasteiger partial charge in [-0.15, -0.1) is 0 Å². The van der Waals surface area contributed by atoms with Gasteiger partial charge in [0.15, 0.2) is 0 Å². The Kier molecular flexibility index (Phi) is 5.00. The summed E-state index contributed by atoms with van der Waals surface area (Å²) < 4.78 is 1.97. The average Bonchev–Trinajstić information content (AvgIpc) is 3.33. The summed E-state index contributed by atoms with van der Waals surface area (Å²) in [6.45, 7) is 6.03. The number of carboxylic acids is 1. The van der Waals surface area contributed by atoms with E-state index in [-0.39, 0.29) is 23.8 Å². The molecular weight excluding hydrogens is 394 g/mol. The molecule has 3 N–H and O–H groups in total. The highest BCUT2D eigenvalue weighted by molar-refractivity contribution is 5.98. The number of carbonyl (C=O) groups excluding carboxylic acids is 1. The third kappa shape index (κ3) is 3.76. The van der Waals surface area contributed by atoms with E-state index in [4.69, 9.17) is 4.98 Å². The van der Waals surface area contributed by atoms with E-state index in [1.807, 2.05) is 43.5 Å². The summed E-state index contributed by atoms with van der Waals surface area (Å²) in [6.07, 6.45) is 1.68. The molecule has 160 valence electrons. The standard InChI is InChI=1S/C23H25N5O3/c1-23(2,3)19(11-20(29)30)28-18-10-14(22(31)24-4)7-8-16(18)26-21(28)13-5-6-15-12-25-27-17(15)9-13/h5-10,12,19H,11H2,1-4H3,(H,24,31)(H,25,27)(H,29,30)/t19-/m0/s1. The van der Waals surface area contributed by atoms with E-state index < -0.39 is 5.97 Å². The third-order valence-electron chi connectivity index (χ3n) is 5.56. The number of H-pyrrole nitrogens is 1. The minimum Gasteiger partial charge on any atom is -0.481 e. The van der Waals surface area contributed by atoms with Gasteiger partial charge in [0.05, 0.1) is 35.2 Å². The van der Waals surface area contributed by atoms with E-state index in [0.717, 1.165) is 22.0 Å². The van der Waals surface area contributed by atoms with Crippen LogP contribution in [0.1, 0.15) is 43.6 Å². The molecule has 0 aliphatic heterocycles. The topological polar surface area (TPSA) is 113 Å². The summed E-state index contributed by atoms with van der Waals surface area (Å²) >= 11 is 0. The normalized spacial score (nSPS) is 12.9. The number of hydrogen-bond donors (Lipinski definition) is 3. The molecule has 0 unspecified atom stereocenters. The van der Waals surface area contributed by atoms with Crippen molar-refractivity contribution < 1.29 is 14.7 Å². The SMILES string of the molecule is CNC(=O)c1ccc2nc(-c3ccc4cn[nH]c4c3)n([C@@H](CC(=O)O)C(C)(C)C)c2c1. The Labute approximate surface area is 179 Å². The number of nitrogens with zero attached hydrogens (tertiary/aromatic N) is 3.